The highest BCUT2D eigenvalue weighted by atomic mass is 16.1. The first kappa shape index (κ1) is 10.5. The summed E-state index contributed by atoms with van der Waals surface area (Å²) in [5.74, 6) is 3.41. The van der Waals surface area contributed by atoms with Crippen LogP contribution in [0.5, 0.6) is 0 Å². The summed E-state index contributed by atoms with van der Waals surface area (Å²) in [6.45, 7) is 1.67. The first-order valence-electron chi connectivity index (χ1n) is 5.68. The lowest BCUT2D eigenvalue weighted by atomic mass is 10.0. The Labute approximate surface area is 91.0 Å². The molecule has 1 amide bonds. The number of nitrogens with one attached hydrogen (secondary N) is 2. The van der Waals surface area contributed by atoms with Crippen LogP contribution in [0.25, 0.3) is 0 Å². The van der Waals surface area contributed by atoms with Crippen molar-refractivity contribution in [3.05, 3.63) is 0 Å². The summed E-state index contributed by atoms with van der Waals surface area (Å²) in [4.78, 5) is 11.4. The van der Waals surface area contributed by atoms with E-state index >= 15 is 0 Å². The average molecular weight is 206 g/mol. The second-order valence-electron chi connectivity index (χ2n) is 4.72. The summed E-state index contributed by atoms with van der Waals surface area (Å²) >= 11 is 0. The van der Waals surface area contributed by atoms with Crippen molar-refractivity contribution in [3.63, 3.8) is 0 Å². The fourth-order valence-electron chi connectivity index (χ4n) is 2.17. The number of rotatable bonds is 6. The Morgan fingerprint density at radius 3 is 2.73 bits per heavy atom. The normalized spacial score (nSPS) is 21.8. The molecule has 0 aromatic rings. The van der Waals surface area contributed by atoms with Crippen molar-refractivity contribution in [2.75, 3.05) is 19.6 Å². The molecular weight excluding hydrogens is 188 g/mol. The first-order chi connectivity index (χ1) is 7.27. The van der Waals surface area contributed by atoms with Gasteiger partial charge < -0.3 is 5.32 Å². The Bertz CT molecular complexity index is 284. The Morgan fingerprint density at radius 1 is 1.47 bits per heavy atom. The second-order valence-corrected chi connectivity index (χ2v) is 4.72. The molecule has 0 radical (unpaired) electrons. The third kappa shape index (κ3) is 2.73. The molecule has 15 heavy (non-hydrogen) atoms. The zero-order valence-corrected chi connectivity index (χ0v) is 9.01. The van der Waals surface area contributed by atoms with Crippen molar-refractivity contribution in [3.8, 4) is 12.3 Å². The Kier molecular flexibility index (Phi) is 2.97. The smallest absolute Gasteiger partial charge is 0.234 e. The highest BCUT2D eigenvalue weighted by Gasteiger charge is 2.53. The molecule has 3 nitrogen and oxygen atoms in total. The molecule has 0 spiro atoms. The van der Waals surface area contributed by atoms with Gasteiger partial charge in [-0.25, -0.2) is 0 Å². The van der Waals surface area contributed by atoms with Gasteiger partial charge in [-0.1, -0.05) is 5.92 Å². The van der Waals surface area contributed by atoms with E-state index in [2.05, 4.69) is 16.6 Å². The maximum Gasteiger partial charge on any atom is 0.234 e. The van der Waals surface area contributed by atoms with Gasteiger partial charge in [0.15, 0.2) is 0 Å². The minimum atomic E-state index is 0.0668. The fourth-order valence-corrected chi connectivity index (χ4v) is 2.17. The van der Waals surface area contributed by atoms with Crippen molar-refractivity contribution in [1.29, 1.82) is 0 Å². The molecule has 0 aliphatic heterocycles. The lowest BCUT2D eigenvalue weighted by Gasteiger charge is -2.14. The molecule has 2 N–H and O–H groups in total. The monoisotopic (exact) mass is 206 g/mol. The molecule has 2 aliphatic rings. The van der Waals surface area contributed by atoms with E-state index in [1.54, 1.807) is 0 Å². The van der Waals surface area contributed by atoms with Crippen LogP contribution >= 0.6 is 0 Å². The van der Waals surface area contributed by atoms with E-state index in [1.807, 2.05) is 0 Å². The van der Waals surface area contributed by atoms with Gasteiger partial charge in [0.1, 0.15) is 0 Å². The molecule has 0 aromatic heterocycles. The minimum Gasteiger partial charge on any atom is -0.354 e. The maximum absolute atomic E-state index is 11.4. The topological polar surface area (TPSA) is 41.1 Å². The molecule has 3 heteroatoms. The van der Waals surface area contributed by atoms with E-state index in [4.69, 9.17) is 6.42 Å². The molecule has 0 aromatic carbocycles. The largest absolute Gasteiger partial charge is 0.354 e. The number of hydrogen-bond donors (Lipinski definition) is 2. The standard InChI is InChI=1S/C12H18N2O/c1-2-7-13-8-11(15)14-9-12(5-6-12)10-3-4-10/h1,10,13H,3-9H2,(H,14,15). The van der Waals surface area contributed by atoms with Gasteiger partial charge in [0.2, 0.25) is 5.91 Å². The van der Waals surface area contributed by atoms with Gasteiger partial charge >= 0.3 is 0 Å². The molecule has 82 valence electrons. The van der Waals surface area contributed by atoms with Crippen LogP contribution in [0.3, 0.4) is 0 Å². The highest BCUT2D eigenvalue weighted by Crippen LogP contribution is 2.60. The molecular formula is C12H18N2O. The van der Waals surface area contributed by atoms with E-state index in [9.17, 15) is 4.79 Å². The van der Waals surface area contributed by atoms with E-state index in [1.165, 1.54) is 25.7 Å². The lowest BCUT2D eigenvalue weighted by molar-refractivity contribution is -0.120. The molecule has 0 unspecified atom stereocenters. The van der Waals surface area contributed by atoms with Crippen LogP contribution in [0.15, 0.2) is 0 Å². The molecule has 2 rings (SSSR count). The van der Waals surface area contributed by atoms with Gasteiger partial charge in [0.25, 0.3) is 0 Å². The summed E-state index contributed by atoms with van der Waals surface area (Å²) < 4.78 is 0. The number of carbonyl (C=O) groups excluding carboxylic acids is 1. The Morgan fingerprint density at radius 2 is 2.20 bits per heavy atom. The van der Waals surface area contributed by atoms with Gasteiger partial charge in [-0.05, 0) is 37.0 Å². The maximum atomic E-state index is 11.4. The first-order valence-corrected chi connectivity index (χ1v) is 5.68. The summed E-state index contributed by atoms with van der Waals surface area (Å²) in [7, 11) is 0. The van der Waals surface area contributed by atoms with Gasteiger partial charge in [-0.3, -0.25) is 10.1 Å². The lowest BCUT2D eigenvalue weighted by Crippen LogP contribution is -2.37. The van der Waals surface area contributed by atoms with Crippen LogP contribution < -0.4 is 10.6 Å². The minimum absolute atomic E-state index is 0.0668. The summed E-state index contributed by atoms with van der Waals surface area (Å²) in [6, 6.07) is 0. The van der Waals surface area contributed by atoms with Crippen LogP contribution in [0.2, 0.25) is 0 Å². The van der Waals surface area contributed by atoms with Gasteiger partial charge in [0, 0.05) is 6.54 Å². The molecule has 0 bridgehead atoms. The number of amides is 1. The average Bonchev–Trinajstić information content (AvgIpc) is 3.06. The fraction of sp³-hybridized carbons (Fsp3) is 0.750. The van der Waals surface area contributed by atoms with Crippen molar-refractivity contribution in [1.82, 2.24) is 10.6 Å². The third-order valence-electron chi connectivity index (χ3n) is 3.49. The number of terminal acetylenes is 1. The predicted molar refractivity (Wildman–Crippen MR) is 59.1 cm³/mol. The highest BCUT2D eigenvalue weighted by molar-refractivity contribution is 5.78. The SMILES string of the molecule is C#CCNCC(=O)NCC1(C2CC2)CC1. The van der Waals surface area contributed by atoms with Crippen molar-refractivity contribution < 1.29 is 4.79 Å². The Balaban J connectivity index is 1.61. The third-order valence-corrected chi connectivity index (χ3v) is 3.49. The van der Waals surface area contributed by atoms with Gasteiger partial charge in [0.05, 0.1) is 13.1 Å². The zero-order valence-electron chi connectivity index (χ0n) is 9.01. The predicted octanol–water partition coefficient (Wildman–Crippen LogP) is 0.516. The zero-order chi connectivity index (χ0) is 10.7. The summed E-state index contributed by atoms with van der Waals surface area (Å²) in [6.07, 6.45) is 10.4. The molecule has 2 fully saturated rings. The van der Waals surface area contributed by atoms with E-state index in [0.29, 0.717) is 18.5 Å². The molecule has 0 heterocycles. The number of carbonyl (C=O) groups is 1. The number of hydrogen-bond acceptors (Lipinski definition) is 2. The van der Waals surface area contributed by atoms with Crippen LogP contribution in [0, 0.1) is 23.7 Å². The second kappa shape index (κ2) is 4.24. The quantitative estimate of drug-likeness (QED) is 0.491. The molecule has 0 atom stereocenters. The van der Waals surface area contributed by atoms with Crippen LogP contribution in [0.1, 0.15) is 25.7 Å². The summed E-state index contributed by atoms with van der Waals surface area (Å²) in [5.41, 5.74) is 0.488. The van der Waals surface area contributed by atoms with Crippen LogP contribution in [0.4, 0.5) is 0 Å². The van der Waals surface area contributed by atoms with Crippen molar-refractivity contribution >= 4 is 5.91 Å². The van der Waals surface area contributed by atoms with Crippen LogP contribution in [-0.2, 0) is 4.79 Å². The molecule has 2 aliphatic carbocycles. The van der Waals surface area contributed by atoms with E-state index in [0.717, 1.165) is 12.5 Å². The molecule has 2 saturated carbocycles. The van der Waals surface area contributed by atoms with Crippen molar-refractivity contribution in [2.24, 2.45) is 11.3 Å². The Hall–Kier alpha value is -1.01. The van der Waals surface area contributed by atoms with Gasteiger partial charge in [-0.2, -0.15) is 0 Å². The van der Waals surface area contributed by atoms with Crippen LogP contribution in [-0.4, -0.2) is 25.5 Å². The van der Waals surface area contributed by atoms with E-state index in [-0.39, 0.29) is 5.91 Å². The van der Waals surface area contributed by atoms with Gasteiger partial charge in [-0.15, -0.1) is 6.42 Å². The summed E-state index contributed by atoms with van der Waals surface area (Å²) in [5, 5.41) is 5.88. The van der Waals surface area contributed by atoms with Crippen molar-refractivity contribution in [2.45, 2.75) is 25.7 Å². The van der Waals surface area contributed by atoms with E-state index < -0.39 is 0 Å². The molecule has 0 saturated heterocycles.